The number of halogens is 2. The maximum absolute atomic E-state index is 13.4. The molecule has 2 aromatic carbocycles. The van der Waals surface area contributed by atoms with Gasteiger partial charge in [0.2, 0.25) is 0 Å². The molecule has 1 aliphatic carbocycles. The van der Waals surface area contributed by atoms with Crippen LogP contribution in [0.25, 0.3) is 6.08 Å². The summed E-state index contributed by atoms with van der Waals surface area (Å²) in [6.07, 6.45) is 6.36. The van der Waals surface area contributed by atoms with Crippen LogP contribution in [-0.2, 0) is 4.79 Å². The van der Waals surface area contributed by atoms with Gasteiger partial charge >= 0.3 is 0 Å². The summed E-state index contributed by atoms with van der Waals surface area (Å²) in [5.74, 6) is 0.460. The molecule has 0 bridgehead atoms. The average molecular weight is 445 g/mol. The van der Waals surface area contributed by atoms with Gasteiger partial charge in [0.15, 0.2) is 5.17 Å². The molecule has 2 fully saturated rings. The summed E-state index contributed by atoms with van der Waals surface area (Å²) in [6.45, 7) is 2.24. The summed E-state index contributed by atoms with van der Waals surface area (Å²) >= 11 is 13.8. The van der Waals surface area contributed by atoms with Crippen molar-refractivity contribution in [2.75, 3.05) is 0 Å². The lowest BCUT2D eigenvalue weighted by molar-refractivity contribution is -0.124. The molecule has 1 amide bonds. The minimum atomic E-state index is 0.00875. The van der Waals surface area contributed by atoms with Crippen LogP contribution < -0.4 is 0 Å². The molecular formula is C23H22Cl2N2OS. The summed E-state index contributed by atoms with van der Waals surface area (Å²) < 4.78 is 0. The number of amides is 1. The smallest absolute Gasteiger partial charge is 0.267 e. The van der Waals surface area contributed by atoms with Crippen molar-refractivity contribution in [3.63, 3.8) is 0 Å². The highest BCUT2D eigenvalue weighted by Crippen LogP contribution is 2.40. The second-order valence-electron chi connectivity index (χ2n) is 7.51. The number of rotatable bonds is 3. The van der Waals surface area contributed by atoms with Crippen LogP contribution in [0.1, 0.15) is 38.2 Å². The van der Waals surface area contributed by atoms with Crippen molar-refractivity contribution >= 4 is 57.8 Å². The van der Waals surface area contributed by atoms with E-state index >= 15 is 0 Å². The molecule has 1 aliphatic heterocycles. The van der Waals surface area contributed by atoms with Crippen molar-refractivity contribution in [2.24, 2.45) is 10.9 Å². The Morgan fingerprint density at radius 3 is 2.59 bits per heavy atom. The van der Waals surface area contributed by atoms with Gasteiger partial charge in [0.25, 0.3) is 5.91 Å². The maximum Gasteiger partial charge on any atom is 0.267 e. The number of thioether (sulfide) groups is 1. The van der Waals surface area contributed by atoms with Crippen molar-refractivity contribution in [3.8, 4) is 0 Å². The van der Waals surface area contributed by atoms with Crippen LogP contribution in [0.3, 0.4) is 0 Å². The normalized spacial score (nSPS) is 25.2. The van der Waals surface area contributed by atoms with Crippen LogP contribution in [0.5, 0.6) is 0 Å². The van der Waals surface area contributed by atoms with E-state index in [0.29, 0.717) is 20.9 Å². The van der Waals surface area contributed by atoms with Gasteiger partial charge in [-0.05, 0) is 66.4 Å². The van der Waals surface area contributed by atoms with E-state index in [1.807, 2.05) is 47.4 Å². The molecule has 2 aliphatic rings. The molecule has 1 saturated carbocycles. The minimum Gasteiger partial charge on any atom is -0.283 e. The lowest BCUT2D eigenvalue weighted by Crippen LogP contribution is -2.44. The van der Waals surface area contributed by atoms with E-state index in [2.05, 4.69) is 6.92 Å². The fourth-order valence-corrected chi connectivity index (χ4v) is 5.41. The number of hydrogen-bond acceptors (Lipinski definition) is 3. The molecule has 0 spiro atoms. The fourth-order valence-electron chi connectivity index (χ4n) is 3.91. The third-order valence-electron chi connectivity index (χ3n) is 5.46. The van der Waals surface area contributed by atoms with Crippen LogP contribution >= 0.6 is 35.0 Å². The zero-order chi connectivity index (χ0) is 20.4. The Bertz CT molecular complexity index is 974. The van der Waals surface area contributed by atoms with E-state index in [-0.39, 0.29) is 11.9 Å². The molecule has 0 N–H and O–H groups in total. The first kappa shape index (κ1) is 20.5. The van der Waals surface area contributed by atoms with Crippen molar-refractivity contribution in [1.82, 2.24) is 4.90 Å². The first-order valence-electron chi connectivity index (χ1n) is 9.85. The number of aliphatic imine (C=N–C) groups is 1. The third-order valence-corrected chi connectivity index (χ3v) is 7.01. The molecule has 3 nitrogen and oxygen atoms in total. The highest BCUT2D eigenvalue weighted by Gasteiger charge is 2.41. The quantitative estimate of drug-likeness (QED) is 0.469. The summed E-state index contributed by atoms with van der Waals surface area (Å²) in [5, 5.41) is 1.85. The topological polar surface area (TPSA) is 32.7 Å². The van der Waals surface area contributed by atoms with E-state index in [9.17, 15) is 4.79 Å². The number of nitrogens with zero attached hydrogens (tertiary/aromatic N) is 2. The molecule has 150 valence electrons. The van der Waals surface area contributed by atoms with Gasteiger partial charge in [-0.2, -0.15) is 0 Å². The number of hydrogen-bond donors (Lipinski definition) is 0. The van der Waals surface area contributed by atoms with E-state index in [1.165, 1.54) is 18.2 Å². The third kappa shape index (κ3) is 4.55. The molecule has 1 saturated heterocycles. The Balaban J connectivity index is 1.73. The summed E-state index contributed by atoms with van der Waals surface area (Å²) in [4.78, 5) is 20.8. The van der Waals surface area contributed by atoms with Gasteiger partial charge in [0.1, 0.15) is 0 Å². The lowest BCUT2D eigenvalue weighted by Gasteiger charge is -2.35. The minimum absolute atomic E-state index is 0.00875. The first-order chi connectivity index (χ1) is 14.0. The summed E-state index contributed by atoms with van der Waals surface area (Å²) in [6, 6.07) is 15.3. The molecule has 2 aromatic rings. The van der Waals surface area contributed by atoms with E-state index in [1.54, 1.807) is 12.1 Å². The van der Waals surface area contributed by atoms with Gasteiger partial charge < -0.3 is 0 Å². The van der Waals surface area contributed by atoms with Crippen LogP contribution in [0.2, 0.25) is 10.0 Å². The predicted molar refractivity (Wildman–Crippen MR) is 124 cm³/mol. The van der Waals surface area contributed by atoms with Crippen molar-refractivity contribution in [2.45, 2.75) is 38.6 Å². The predicted octanol–water partition coefficient (Wildman–Crippen LogP) is 7.18. The van der Waals surface area contributed by atoms with Gasteiger partial charge in [0, 0.05) is 16.1 Å². The Morgan fingerprint density at radius 2 is 1.86 bits per heavy atom. The molecule has 0 aromatic heterocycles. The van der Waals surface area contributed by atoms with Crippen molar-refractivity contribution in [1.29, 1.82) is 0 Å². The van der Waals surface area contributed by atoms with Gasteiger partial charge in [-0.1, -0.05) is 67.2 Å². The van der Waals surface area contributed by atoms with Gasteiger partial charge in [-0.15, -0.1) is 0 Å². The Morgan fingerprint density at radius 1 is 1.10 bits per heavy atom. The molecule has 6 heteroatoms. The Kier molecular flexibility index (Phi) is 6.33. The van der Waals surface area contributed by atoms with Crippen LogP contribution in [0.4, 0.5) is 5.69 Å². The van der Waals surface area contributed by atoms with Crippen LogP contribution in [0, 0.1) is 5.92 Å². The molecule has 0 radical (unpaired) electrons. The van der Waals surface area contributed by atoms with Crippen molar-refractivity contribution in [3.05, 3.63) is 69.0 Å². The zero-order valence-electron chi connectivity index (χ0n) is 16.1. The van der Waals surface area contributed by atoms with Gasteiger partial charge in [0.05, 0.1) is 10.6 Å². The molecule has 1 heterocycles. The Hall–Kier alpha value is -1.75. The van der Waals surface area contributed by atoms with E-state index in [4.69, 9.17) is 28.2 Å². The molecule has 0 unspecified atom stereocenters. The molecule has 29 heavy (non-hydrogen) atoms. The number of carbonyl (C=O) groups excluding carboxylic acids is 1. The molecular weight excluding hydrogens is 423 g/mol. The second kappa shape index (κ2) is 8.95. The summed E-state index contributed by atoms with van der Waals surface area (Å²) in [5.41, 5.74) is 1.63. The van der Waals surface area contributed by atoms with Gasteiger partial charge in [-0.25, -0.2) is 4.99 Å². The van der Waals surface area contributed by atoms with Crippen molar-refractivity contribution < 1.29 is 4.79 Å². The average Bonchev–Trinajstić information content (AvgIpc) is 3.00. The lowest BCUT2D eigenvalue weighted by atomic mass is 9.85. The van der Waals surface area contributed by atoms with Crippen LogP contribution in [0.15, 0.2) is 58.4 Å². The zero-order valence-corrected chi connectivity index (χ0v) is 18.5. The molecule has 4 rings (SSSR count). The second-order valence-corrected chi connectivity index (χ2v) is 9.36. The number of carbonyl (C=O) groups is 1. The Labute approximate surface area is 185 Å². The number of amidine groups is 1. The van der Waals surface area contributed by atoms with Gasteiger partial charge in [-0.3, -0.25) is 9.69 Å². The number of para-hydroxylation sites is 1. The van der Waals surface area contributed by atoms with Crippen LogP contribution in [-0.4, -0.2) is 22.0 Å². The largest absolute Gasteiger partial charge is 0.283 e. The highest BCUT2D eigenvalue weighted by atomic mass is 35.5. The van der Waals surface area contributed by atoms with E-state index in [0.717, 1.165) is 35.7 Å². The van der Waals surface area contributed by atoms with E-state index < -0.39 is 0 Å². The highest BCUT2D eigenvalue weighted by molar-refractivity contribution is 8.18. The molecule has 2 atom stereocenters. The summed E-state index contributed by atoms with van der Waals surface area (Å²) in [7, 11) is 0. The number of benzene rings is 2. The standard InChI is InChI=1S/C23H22Cl2N2OS/c1-15-7-5-6-10-20(15)27-22(28)21(13-16-11-12-17(24)14-19(16)25)29-23(27)26-18-8-3-2-4-9-18/h2-4,8-9,11-15,20H,5-7,10H2,1H3/b21-13-,26-23?/t15-,20+/m1/s1. The SMILES string of the molecule is C[C@@H]1CCCC[C@@H]1N1C(=O)/C(=C/c2ccc(Cl)cc2Cl)SC1=Nc1ccccc1. The fraction of sp³-hybridized carbons (Fsp3) is 0.304. The first-order valence-corrected chi connectivity index (χ1v) is 11.4. The maximum atomic E-state index is 13.4. The monoisotopic (exact) mass is 444 g/mol.